The van der Waals surface area contributed by atoms with Crippen molar-refractivity contribution in [2.45, 2.75) is 0 Å². The second-order valence-electron chi connectivity index (χ2n) is 5.33. The van der Waals surface area contributed by atoms with E-state index < -0.39 is 11.9 Å². The first-order valence-corrected chi connectivity index (χ1v) is 9.78. The van der Waals surface area contributed by atoms with Crippen LogP contribution in [0.25, 0.3) is 0 Å². The Hall–Kier alpha value is -2.98. The van der Waals surface area contributed by atoms with Gasteiger partial charge in [-0.05, 0) is 24.3 Å². The van der Waals surface area contributed by atoms with Crippen molar-refractivity contribution in [2.75, 3.05) is 13.2 Å². The molecule has 150 valence electrons. The molecule has 0 bridgehead atoms. The van der Waals surface area contributed by atoms with Gasteiger partial charge in [-0.2, -0.15) is 0 Å². The van der Waals surface area contributed by atoms with Crippen molar-refractivity contribution in [3.05, 3.63) is 91.0 Å². The van der Waals surface area contributed by atoms with Gasteiger partial charge < -0.3 is 19.7 Å². The third-order valence-corrected chi connectivity index (χ3v) is 3.82. The van der Waals surface area contributed by atoms with Crippen LogP contribution in [-0.2, 0) is 9.59 Å². The zero-order valence-electron chi connectivity index (χ0n) is 15.5. The summed E-state index contributed by atoms with van der Waals surface area (Å²) in [4.78, 5) is 20.1. The van der Waals surface area contributed by atoms with Crippen molar-refractivity contribution in [3.63, 3.8) is 0 Å². The van der Waals surface area contributed by atoms with Crippen LogP contribution in [0.1, 0.15) is 0 Å². The van der Waals surface area contributed by atoms with Crippen molar-refractivity contribution < 1.29 is 29.3 Å². The molecule has 2 N–H and O–H groups in total. The normalized spacial score (nSPS) is 9.00. The van der Waals surface area contributed by atoms with Crippen LogP contribution in [0.3, 0.4) is 0 Å². The fourth-order valence-electron chi connectivity index (χ4n) is 1.75. The molecule has 3 aromatic carbocycles. The molecule has 0 saturated carbocycles. The number of hydrogen-bond acceptors (Lipinski definition) is 4. The predicted molar refractivity (Wildman–Crippen MR) is 111 cm³/mol. The van der Waals surface area contributed by atoms with Gasteiger partial charge in [-0.25, -0.2) is 9.59 Å². The van der Waals surface area contributed by atoms with Gasteiger partial charge in [0.2, 0.25) is 0 Å². The molecule has 2 radical (unpaired) electrons. The minimum atomic E-state index is -0.964. The topological polar surface area (TPSA) is 93.1 Å². The molecular formula is C22H21O6Sb. The standard InChI is InChI=1S/2C8H8O3.C6H5.Sb/c2*9-8(10)6-11-7-4-2-1-3-5-7;1-2-4-6-5-3-1;/h2*1-5H,6H2,(H,9,10);1-5H;. The number of carboxylic acid groups (broad SMARTS) is 2. The Morgan fingerprint density at radius 3 is 1.17 bits per heavy atom. The molecule has 6 nitrogen and oxygen atoms in total. The second kappa shape index (κ2) is 15.0. The van der Waals surface area contributed by atoms with Crippen molar-refractivity contribution in [1.29, 1.82) is 0 Å². The number of para-hydroxylation sites is 2. The fourth-order valence-corrected chi connectivity index (χ4v) is 2.24. The van der Waals surface area contributed by atoms with E-state index in [9.17, 15) is 9.59 Å². The Labute approximate surface area is 183 Å². The Kier molecular flexibility index (Phi) is 12.4. The van der Waals surface area contributed by atoms with Gasteiger partial charge >= 0.3 is 68.8 Å². The summed E-state index contributed by atoms with van der Waals surface area (Å²) in [6.07, 6.45) is 0. The van der Waals surface area contributed by atoms with Gasteiger partial charge in [0.25, 0.3) is 0 Å². The average molecular weight is 503 g/mol. The molecule has 7 heteroatoms. The summed E-state index contributed by atoms with van der Waals surface area (Å²) in [5.41, 5.74) is 0. The molecule has 0 saturated heterocycles. The number of carboxylic acids is 2. The number of ether oxygens (including phenoxy) is 2. The molecule has 3 aromatic rings. The zero-order chi connectivity index (χ0) is 21.3. The maximum absolute atomic E-state index is 10.0. The third-order valence-electron chi connectivity index (χ3n) is 2.97. The third kappa shape index (κ3) is 13.8. The Morgan fingerprint density at radius 1 is 0.621 bits per heavy atom. The molecule has 0 aliphatic rings. The van der Waals surface area contributed by atoms with Gasteiger partial charge in [0.05, 0.1) is 0 Å². The first-order chi connectivity index (χ1) is 14.0. The van der Waals surface area contributed by atoms with Crippen LogP contribution in [0, 0.1) is 0 Å². The summed E-state index contributed by atoms with van der Waals surface area (Å²) in [5, 5.41) is 16.5. The number of aliphatic carboxylic acids is 2. The quantitative estimate of drug-likeness (QED) is 0.503. The van der Waals surface area contributed by atoms with Crippen LogP contribution < -0.4 is 13.0 Å². The number of benzene rings is 3. The van der Waals surface area contributed by atoms with Gasteiger partial charge in [-0.3, -0.25) is 0 Å². The van der Waals surface area contributed by atoms with E-state index in [4.69, 9.17) is 19.7 Å². The molecule has 0 spiro atoms. The van der Waals surface area contributed by atoms with Gasteiger partial charge in [0, 0.05) is 0 Å². The molecule has 0 aromatic heterocycles. The maximum atomic E-state index is 10.0. The van der Waals surface area contributed by atoms with E-state index in [1.54, 1.807) is 71.6 Å². The van der Waals surface area contributed by atoms with Gasteiger partial charge in [-0.1, -0.05) is 36.4 Å². The summed E-state index contributed by atoms with van der Waals surface area (Å²) < 4.78 is 11.1. The van der Waals surface area contributed by atoms with E-state index in [1.807, 2.05) is 30.3 Å². The Morgan fingerprint density at radius 2 is 0.931 bits per heavy atom. The van der Waals surface area contributed by atoms with Crippen LogP contribution in [0.15, 0.2) is 91.0 Å². The van der Waals surface area contributed by atoms with Crippen molar-refractivity contribution in [2.24, 2.45) is 0 Å². The van der Waals surface area contributed by atoms with E-state index in [0.717, 1.165) is 0 Å². The van der Waals surface area contributed by atoms with Gasteiger partial charge in [0.1, 0.15) is 11.5 Å². The summed E-state index contributed by atoms with van der Waals surface area (Å²) in [5.74, 6) is -0.771. The SMILES string of the molecule is O=C(O)COc1ccccc1.O=C(O)COc1ccccc1.[Sb][c]1ccccc1. The summed E-state index contributed by atoms with van der Waals surface area (Å²) in [6, 6.07) is 28.0. The molecule has 0 unspecified atom stereocenters. The van der Waals surface area contributed by atoms with Crippen LogP contribution >= 0.6 is 0 Å². The van der Waals surface area contributed by atoms with Crippen LogP contribution in [0.5, 0.6) is 11.5 Å². The molecule has 0 aliphatic carbocycles. The van der Waals surface area contributed by atoms with Gasteiger partial charge in [0.15, 0.2) is 13.2 Å². The van der Waals surface area contributed by atoms with Crippen LogP contribution in [-0.4, -0.2) is 58.4 Å². The van der Waals surface area contributed by atoms with E-state index in [-0.39, 0.29) is 13.2 Å². The summed E-state index contributed by atoms with van der Waals surface area (Å²) in [7, 11) is 0. The van der Waals surface area contributed by atoms with E-state index in [1.165, 1.54) is 3.51 Å². The first kappa shape index (κ1) is 24.1. The zero-order valence-corrected chi connectivity index (χ0v) is 18.1. The second-order valence-corrected chi connectivity index (χ2v) is 6.80. The first-order valence-electron chi connectivity index (χ1n) is 8.50. The molecule has 0 atom stereocenters. The average Bonchev–Trinajstić information content (AvgIpc) is 2.74. The van der Waals surface area contributed by atoms with Crippen molar-refractivity contribution in [3.8, 4) is 11.5 Å². The summed E-state index contributed by atoms with van der Waals surface area (Å²) in [6.45, 7) is -0.575. The minimum absolute atomic E-state index is 0.288. The van der Waals surface area contributed by atoms with Crippen LogP contribution in [0.2, 0.25) is 0 Å². The molecule has 0 fully saturated rings. The van der Waals surface area contributed by atoms with E-state index in [2.05, 4.69) is 12.1 Å². The van der Waals surface area contributed by atoms with Gasteiger partial charge in [-0.15, -0.1) is 0 Å². The van der Waals surface area contributed by atoms with E-state index >= 15 is 0 Å². The Balaban J connectivity index is 0.000000223. The monoisotopic (exact) mass is 502 g/mol. The Bertz CT molecular complexity index is 772. The number of rotatable bonds is 6. The molecule has 0 heterocycles. The number of carbonyl (C=O) groups is 2. The molecule has 29 heavy (non-hydrogen) atoms. The number of hydrogen-bond donors (Lipinski definition) is 2. The van der Waals surface area contributed by atoms with Crippen molar-refractivity contribution in [1.82, 2.24) is 0 Å². The molecule has 0 amide bonds. The molecular weight excluding hydrogens is 482 g/mol. The molecule has 0 aliphatic heterocycles. The van der Waals surface area contributed by atoms with Crippen LogP contribution in [0.4, 0.5) is 0 Å². The summed E-state index contributed by atoms with van der Waals surface area (Å²) >= 11 is 1.76. The predicted octanol–water partition coefficient (Wildman–Crippen LogP) is 2.78. The fraction of sp³-hybridized carbons (Fsp3) is 0.0909. The molecule has 3 rings (SSSR count). The van der Waals surface area contributed by atoms with Crippen molar-refractivity contribution >= 4 is 38.5 Å². The van der Waals surface area contributed by atoms with E-state index in [0.29, 0.717) is 11.5 Å².